The van der Waals surface area contributed by atoms with Gasteiger partial charge in [0, 0.05) is 18.1 Å². The average Bonchev–Trinajstić information content (AvgIpc) is 2.76. The van der Waals surface area contributed by atoms with E-state index in [1.54, 1.807) is 23.1 Å². The van der Waals surface area contributed by atoms with Crippen molar-refractivity contribution in [2.24, 2.45) is 0 Å². The van der Waals surface area contributed by atoms with E-state index in [-0.39, 0.29) is 12.5 Å². The van der Waals surface area contributed by atoms with Crippen LogP contribution in [-0.4, -0.2) is 15.7 Å². The molecule has 17 heavy (non-hydrogen) atoms. The minimum atomic E-state index is -0.0672. The normalized spacial score (nSPS) is 10.2. The Morgan fingerprint density at radius 3 is 2.94 bits per heavy atom. The number of amides is 1. The predicted octanol–water partition coefficient (Wildman–Crippen LogP) is 2.14. The molecule has 0 unspecified atom stereocenters. The maximum atomic E-state index is 11.8. The molecular formula is C13H15N3O. The molecule has 1 N–H and O–H groups in total. The number of aryl methyl sites for hydroxylation is 2. The molecule has 0 aliphatic carbocycles. The molecule has 1 heterocycles. The zero-order valence-electron chi connectivity index (χ0n) is 9.97. The molecular weight excluding hydrogens is 214 g/mol. The lowest BCUT2D eigenvalue weighted by molar-refractivity contribution is -0.116. The lowest BCUT2D eigenvalue weighted by atomic mass is 10.1. The van der Waals surface area contributed by atoms with Crippen molar-refractivity contribution in [3.8, 4) is 0 Å². The number of rotatable bonds is 3. The fraction of sp³-hybridized carbons (Fsp3) is 0.231. The molecule has 0 radical (unpaired) electrons. The van der Waals surface area contributed by atoms with Gasteiger partial charge in [0.15, 0.2) is 0 Å². The Hall–Kier alpha value is -2.10. The van der Waals surface area contributed by atoms with Gasteiger partial charge in [0.2, 0.25) is 5.91 Å². The second kappa shape index (κ2) is 4.82. The minimum Gasteiger partial charge on any atom is -0.324 e. The van der Waals surface area contributed by atoms with Crippen LogP contribution in [0.2, 0.25) is 0 Å². The molecule has 0 aliphatic rings. The SMILES string of the molecule is Cc1ccc(C)c(NC(=O)Cn2cccn2)c1. The van der Waals surface area contributed by atoms with E-state index in [0.29, 0.717) is 0 Å². The number of nitrogens with one attached hydrogen (secondary N) is 1. The first kappa shape index (κ1) is 11.4. The number of carbonyl (C=O) groups is 1. The Kier molecular flexibility index (Phi) is 3.23. The zero-order valence-corrected chi connectivity index (χ0v) is 9.97. The fourth-order valence-corrected chi connectivity index (χ4v) is 1.60. The number of benzene rings is 1. The smallest absolute Gasteiger partial charge is 0.246 e. The molecule has 4 nitrogen and oxygen atoms in total. The van der Waals surface area contributed by atoms with Crippen molar-refractivity contribution in [1.82, 2.24) is 9.78 Å². The minimum absolute atomic E-state index is 0.0672. The van der Waals surface area contributed by atoms with E-state index < -0.39 is 0 Å². The van der Waals surface area contributed by atoms with Gasteiger partial charge in [-0.15, -0.1) is 0 Å². The van der Waals surface area contributed by atoms with Crippen LogP contribution < -0.4 is 5.32 Å². The van der Waals surface area contributed by atoms with Crippen LogP contribution in [0.1, 0.15) is 11.1 Å². The molecule has 1 amide bonds. The third-order valence-corrected chi connectivity index (χ3v) is 2.53. The molecule has 0 saturated heterocycles. The van der Waals surface area contributed by atoms with Crippen LogP contribution in [0, 0.1) is 13.8 Å². The summed E-state index contributed by atoms with van der Waals surface area (Å²) < 4.78 is 1.60. The summed E-state index contributed by atoms with van der Waals surface area (Å²) in [4.78, 5) is 11.8. The highest BCUT2D eigenvalue weighted by Gasteiger charge is 2.05. The van der Waals surface area contributed by atoms with Gasteiger partial charge in [0.1, 0.15) is 6.54 Å². The summed E-state index contributed by atoms with van der Waals surface area (Å²) in [6.45, 7) is 4.21. The molecule has 88 valence electrons. The van der Waals surface area contributed by atoms with Crippen LogP contribution in [0.3, 0.4) is 0 Å². The summed E-state index contributed by atoms with van der Waals surface area (Å²) in [5.41, 5.74) is 3.05. The van der Waals surface area contributed by atoms with Crippen LogP contribution in [0.25, 0.3) is 0 Å². The van der Waals surface area contributed by atoms with E-state index in [2.05, 4.69) is 10.4 Å². The van der Waals surface area contributed by atoms with Gasteiger partial charge in [-0.1, -0.05) is 12.1 Å². The molecule has 0 saturated carbocycles. The Labute approximate surface area is 100 Å². The van der Waals surface area contributed by atoms with Crippen molar-refractivity contribution >= 4 is 11.6 Å². The van der Waals surface area contributed by atoms with Crippen molar-refractivity contribution in [3.63, 3.8) is 0 Å². The van der Waals surface area contributed by atoms with Gasteiger partial charge in [-0.2, -0.15) is 5.10 Å². The fourth-order valence-electron chi connectivity index (χ4n) is 1.60. The Morgan fingerprint density at radius 1 is 1.41 bits per heavy atom. The van der Waals surface area contributed by atoms with Gasteiger partial charge in [0.25, 0.3) is 0 Å². The monoisotopic (exact) mass is 229 g/mol. The Bertz CT molecular complexity index is 517. The van der Waals surface area contributed by atoms with Gasteiger partial charge < -0.3 is 5.32 Å². The van der Waals surface area contributed by atoms with Crippen LogP contribution in [0.4, 0.5) is 5.69 Å². The second-order valence-corrected chi connectivity index (χ2v) is 4.07. The van der Waals surface area contributed by atoms with E-state index in [4.69, 9.17) is 0 Å². The molecule has 0 bridgehead atoms. The van der Waals surface area contributed by atoms with Crippen molar-refractivity contribution < 1.29 is 4.79 Å². The topological polar surface area (TPSA) is 46.9 Å². The third-order valence-electron chi connectivity index (χ3n) is 2.53. The standard InChI is InChI=1S/C13H15N3O/c1-10-4-5-11(2)12(8-10)15-13(17)9-16-7-3-6-14-16/h3-8H,9H2,1-2H3,(H,15,17). The molecule has 4 heteroatoms. The Morgan fingerprint density at radius 2 is 2.24 bits per heavy atom. The molecule has 2 aromatic rings. The summed E-state index contributed by atoms with van der Waals surface area (Å²) in [5.74, 6) is -0.0672. The van der Waals surface area contributed by atoms with E-state index in [1.165, 1.54) is 0 Å². The summed E-state index contributed by atoms with van der Waals surface area (Å²) in [5, 5.41) is 6.88. The molecule has 0 fully saturated rings. The van der Waals surface area contributed by atoms with E-state index in [1.807, 2.05) is 32.0 Å². The Balaban J connectivity index is 2.05. The van der Waals surface area contributed by atoms with Crippen LogP contribution in [-0.2, 0) is 11.3 Å². The van der Waals surface area contributed by atoms with Crippen molar-refractivity contribution in [2.75, 3.05) is 5.32 Å². The number of anilines is 1. The molecule has 0 atom stereocenters. The number of aromatic nitrogens is 2. The first-order chi connectivity index (χ1) is 8.15. The van der Waals surface area contributed by atoms with Crippen molar-refractivity contribution in [2.45, 2.75) is 20.4 Å². The average molecular weight is 229 g/mol. The summed E-state index contributed by atoms with van der Waals surface area (Å²) >= 11 is 0. The quantitative estimate of drug-likeness (QED) is 0.876. The van der Waals surface area contributed by atoms with Crippen LogP contribution in [0.15, 0.2) is 36.7 Å². The van der Waals surface area contributed by atoms with Crippen molar-refractivity contribution in [3.05, 3.63) is 47.8 Å². The molecule has 0 aliphatic heterocycles. The third kappa shape index (κ3) is 2.93. The first-order valence-corrected chi connectivity index (χ1v) is 5.50. The lowest BCUT2D eigenvalue weighted by Crippen LogP contribution is -2.19. The molecule has 0 spiro atoms. The van der Waals surface area contributed by atoms with E-state index in [0.717, 1.165) is 16.8 Å². The molecule has 1 aromatic heterocycles. The summed E-state index contributed by atoms with van der Waals surface area (Å²) in [7, 11) is 0. The van der Waals surface area contributed by atoms with Gasteiger partial charge in [0.05, 0.1) is 0 Å². The van der Waals surface area contributed by atoms with Gasteiger partial charge in [-0.05, 0) is 37.1 Å². The van der Waals surface area contributed by atoms with Gasteiger partial charge in [-0.3, -0.25) is 9.48 Å². The van der Waals surface area contributed by atoms with Gasteiger partial charge >= 0.3 is 0 Å². The second-order valence-electron chi connectivity index (χ2n) is 4.07. The van der Waals surface area contributed by atoms with Gasteiger partial charge in [-0.25, -0.2) is 0 Å². The summed E-state index contributed by atoms with van der Waals surface area (Å²) in [6.07, 6.45) is 3.42. The highest BCUT2D eigenvalue weighted by molar-refractivity contribution is 5.91. The molecule has 1 aromatic carbocycles. The van der Waals surface area contributed by atoms with E-state index in [9.17, 15) is 4.79 Å². The molecule has 2 rings (SSSR count). The highest BCUT2D eigenvalue weighted by atomic mass is 16.2. The summed E-state index contributed by atoms with van der Waals surface area (Å²) in [6, 6.07) is 7.79. The van der Waals surface area contributed by atoms with Crippen molar-refractivity contribution in [1.29, 1.82) is 0 Å². The van der Waals surface area contributed by atoms with Crippen LogP contribution in [0.5, 0.6) is 0 Å². The van der Waals surface area contributed by atoms with E-state index >= 15 is 0 Å². The first-order valence-electron chi connectivity index (χ1n) is 5.50. The lowest BCUT2D eigenvalue weighted by Gasteiger charge is -2.09. The maximum Gasteiger partial charge on any atom is 0.246 e. The highest BCUT2D eigenvalue weighted by Crippen LogP contribution is 2.16. The zero-order chi connectivity index (χ0) is 12.3. The predicted molar refractivity (Wildman–Crippen MR) is 66.8 cm³/mol. The number of hydrogen-bond acceptors (Lipinski definition) is 2. The largest absolute Gasteiger partial charge is 0.324 e. The number of nitrogens with zero attached hydrogens (tertiary/aromatic N) is 2. The van der Waals surface area contributed by atoms with Crippen LogP contribution >= 0.6 is 0 Å². The number of hydrogen-bond donors (Lipinski definition) is 1. The number of carbonyl (C=O) groups excluding carboxylic acids is 1. The maximum absolute atomic E-state index is 11.8.